The summed E-state index contributed by atoms with van der Waals surface area (Å²) in [7, 11) is 0. The van der Waals surface area contributed by atoms with E-state index in [0.29, 0.717) is 0 Å². The molecule has 1 fully saturated rings. The summed E-state index contributed by atoms with van der Waals surface area (Å²) in [6.45, 7) is 5.19. The third-order valence-electron chi connectivity index (χ3n) is 5.26. The van der Waals surface area contributed by atoms with Crippen molar-refractivity contribution < 1.29 is 39.5 Å². The van der Waals surface area contributed by atoms with Gasteiger partial charge in [-0.05, 0) is 23.2 Å². The molecule has 0 radical (unpaired) electrons. The minimum absolute atomic E-state index is 0.833. The first-order valence-electron chi connectivity index (χ1n) is 7.51. The molecule has 0 aliphatic heterocycles. The number of hydrogen-bond donors (Lipinski definition) is 0. The number of hydrogen-bond acceptors (Lipinski definition) is 0. The first-order chi connectivity index (χ1) is 10.3. The Labute approximate surface area is 134 Å². The number of alkyl halides is 9. The van der Waals surface area contributed by atoms with Crippen molar-refractivity contribution in [3.05, 3.63) is 0 Å². The first-order valence-corrected chi connectivity index (χ1v) is 7.51. The van der Waals surface area contributed by atoms with Crippen LogP contribution in [0.2, 0.25) is 0 Å². The SMILES string of the molecule is CC1C(C)C(C(F)(F)F)C(C(F)(F)F)C(C(C)(C)C)C1C(F)(F)F. The van der Waals surface area contributed by atoms with Crippen molar-refractivity contribution in [1.82, 2.24) is 0 Å². The van der Waals surface area contributed by atoms with Gasteiger partial charge in [0.15, 0.2) is 0 Å². The van der Waals surface area contributed by atoms with Crippen LogP contribution in [-0.2, 0) is 0 Å². The lowest BCUT2D eigenvalue weighted by atomic mass is 9.51. The summed E-state index contributed by atoms with van der Waals surface area (Å²) in [5.41, 5.74) is -1.60. The summed E-state index contributed by atoms with van der Waals surface area (Å²) in [5.74, 6) is -14.0. The standard InChI is InChI=1S/C15H21F9/c1-6-7(2)9(14(19,20)21)11(15(22,23)24)10(12(3,4)5)8(6)13(16,17)18/h6-11H,1-5H3. The monoisotopic (exact) mass is 372 g/mol. The molecule has 1 aliphatic carbocycles. The van der Waals surface area contributed by atoms with Gasteiger partial charge in [-0.3, -0.25) is 0 Å². The topological polar surface area (TPSA) is 0 Å². The zero-order valence-corrected chi connectivity index (χ0v) is 13.9. The fourth-order valence-corrected chi connectivity index (χ4v) is 4.24. The molecule has 0 aromatic carbocycles. The van der Waals surface area contributed by atoms with Gasteiger partial charge in [-0.25, -0.2) is 0 Å². The third-order valence-corrected chi connectivity index (χ3v) is 5.26. The van der Waals surface area contributed by atoms with Gasteiger partial charge < -0.3 is 0 Å². The summed E-state index contributed by atoms with van der Waals surface area (Å²) in [4.78, 5) is 0. The molecule has 0 amide bonds. The Morgan fingerprint density at radius 3 is 0.917 bits per heavy atom. The van der Waals surface area contributed by atoms with Crippen LogP contribution < -0.4 is 0 Å². The molecule has 0 bridgehead atoms. The molecule has 0 N–H and O–H groups in total. The minimum atomic E-state index is -5.38. The maximum Gasteiger partial charge on any atom is 0.392 e. The zero-order chi connectivity index (χ0) is 19.5. The highest BCUT2D eigenvalue weighted by molar-refractivity contribution is 5.04. The molecule has 6 unspecified atom stereocenters. The van der Waals surface area contributed by atoms with E-state index in [0.717, 1.165) is 34.6 Å². The van der Waals surface area contributed by atoms with Gasteiger partial charge in [0.25, 0.3) is 0 Å². The van der Waals surface area contributed by atoms with Crippen molar-refractivity contribution >= 4 is 0 Å². The molecule has 144 valence electrons. The van der Waals surface area contributed by atoms with E-state index in [4.69, 9.17) is 0 Å². The van der Waals surface area contributed by atoms with Crippen molar-refractivity contribution in [1.29, 1.82) is 0 Å². The Kier molecular flexibility index (Phi) is 5.33. The van der Waals surface area contributed by atoms with Crippen LogP contribution in [0.25, 0.3) is 0 Å². The molecule has 6 atom stereocenters. The molecule has 0 aromatic rings. The van der Waals surface area contributed by atoms with Crippen LogP contribution in [0.3, 0.4) is 0 Å². The van der Waals surface area contributed by atoms with E-state index in [2.05, 4.69) is 0 Å². The highest BCUT2D eigenvalue weighted by Gasteiger charge is 2.70. The Morgan fingerprint density at radius 1 is 0.458 bits per heavy atom. The molecular formula is C15H21F9. The van der Waals surface area contributed by atoms with E-state index < -0.39 is 59.5 Å². The van der Waals surface area contributed by atoms with Crippen LogP contribution in [0.15, 0.2) is 0 Å². The quantitative estimate of drug-likeness (QED) is 0.428. The van der Waals surface area contributed by atoms with E-state index in [-0.39, 0.29) is 0 Å². The van der Waals surface area contributed by atoms with Crippen molar-refractivity contribution in [2.75, 3.05) is 0 Å². The fourth-order valence-electron chi connectivity index (χ4n) is 4.24. The van der Waals surface area contributed by atoms with E-state index >= 15 is 0 Å². The second-order valence-electron chi connectivity index (χ2n) is 7.81. The molecule has 0 heterocycles. The van der Waals surface area contributed by atoms with Crippen LogP contribution in [0.5, 0.6) is 0 Å². The van der Waals surface area contributed by atoms with Gasteiger partial charge >= 0.3 is 18.5 Å². The lowest BCUT2D eigenvalue weighted by molar-refractivity contribution is -0.334. The Balaban J connectivity index is 3.68. The average molecular weight is 372 g/mol. The van der Waals surface area contributed by atoms with Crippen LogP contribution in [0, 0.1) is 40.9 Å². The van der Waals surface area contributed by atoms with E-state index in [1.54, 1.807) is 0 Å². The predicted octanol–water partition coefficient (Wildman–Crippen LogP) is 6.47. The maximum absolute atomic E-state index is 13.5. The summed E-state index contributed by atoms with van der Waals surface area (Å²) in [6, 6.07) is 0. The molecule has 9 heteroatoms. The van der Waals surface area contributed by atoms with Gasteiger partial charge in [0.1, 0.15) is 0 Å². The number of halogens is 9. The van der Waals surface area contributed by atoms with Gasteiger partial charge in [-0.15, -0.1) is 0 Å². The molecule has 1 aliphatic rings. The maximum atomic E-state index is 13.5. The molecule has 1 saturated carbocycles. The Bertz CT molecular complexity index is 396. The van der Waals surface area contributed by atoms with Gasteiger partial charge in [0.05, 0.1) is 17.8 Å². The average Bonchev–Trinajstić information content (AvgIpc) is 2.25. The van der Waals surface area contributed by atoms with Gasteiger partial charge in [0, 0.05) is 0 Å². The fraction of sp³-hybridized carbons (Fsp3) is 1.00. The molecule has 0 aromatic heterocycles. The van der Waals surface area contributed by atoms with Crippen LogP contribution >= 0.6 is 0 Å². The zero-order valence-electron chi connectivity index (χ0n) is 13.9. The van der Waals surface area contributed by atoms with Crippen molar-refractivity contribution in [2.45, 2.75) is 53.1 Å². The molecule has 1 rings (SSSR count). The van der Waals surface area contributed by atoms with Gasteiger partial charge in [0.2, 0.25) is 0 Å². The molecule has 24 heavy (non-hydrogen) atoms. The van der Waals surface area contributed by atoms with E-state index in [1.165, 1.54) is 0 Å². The molecule has 0 saturated heterocycles. The largest absolute Gasteiger partial charge is 0.392 e. The van der Waals surface area contributed by atoms with Crippen molar-refractivity contribution in [2.24, 2.45) is 40.9 Å². The predicted molar refractivity (Wildman–Crippen MR) is 69.9 cm³/mol. The third kappa shape index (κ3) is 3.95. The summed E-state index contributed by atoms with van der Waals surface area (Å²) in [6.07, 6.45) is -15.6. The highest BCUT2D eigenvalue weighted by Crippen LogP contribution is 2.63. The highest BCUT2D eigenvalue weighted by atomic mass is 19.4. The van der Waals surface area contributed by atoms with Crippen molar-refractivity contribution in [3.8, 4) is 0 Å². The summed E-state index contributed by atoms with van der Waals surface area (Å²) in [5, 5.41) is 0. The number of rotatable bonds is 0. The van der Waals surface area contributed by atoms with Crippen molar-refractivity contribution in [3.63, 3.8) is 0 Å². The lowest BCUT2D eigenvalue weighted by Crippen LogP contribution is -2.60. The minimum Gasteiger partial charge on any atom is -0.171 e. The second kappa shape index (κ2) is 5.97. The molecule has 0 nitrogen and oxygen atoms in total. The Hall–Kier alpha value is -0.630. The second-order valence-corrected chi connectivity index (χ2v) is 7.81. The van der Waals surface area contributed by atoms with Crippen LogP contribution in [0.4, 0.5) is 39.5 Å². The van der Waals surface area contributed by atoms with E-state index in [9.17, 15) is 39.5 Å². The summed E-state index contributed by atoms with van der Waals surface area (Å²) < 4.78 is 121. The smallest absolute Gasteiger partial charge is 0.171 e. The van der Waals surface area contributed by atoms with Crippen LogP contribution in [-0.4, -0.2) is 18.5 Å². The first kappa shape index (κ1) is 21.4. The lowest BCUT2D eigenvalue weighted by Gasteiger charge is -2.55. The van der Waals surface area contributed by atoms with Gasteiger partial charge in [-0.1, -0.05) is 34.6 Å². The normalized spacial score (nSPS) is 36.8. The Morgan fingerprint density at radius 2 is 0.708 bits per heavy atom. The van der Waals surface area contributed by atoms with E-state index in [1.807, 2.05) is 0 Å². The van der Waals surface area contributed by atoms with Crippen LogP contribution in [0.1, 0.15) is 34.6 Å². The molecule has 0 spiro atoms. The molecular weight excluding hydrogens is 351 g/mol. The summed E-state index contributed by atoms with van der Waals surface area (Å²) >= 11 is 0. The van der Waals surface area contributed by atoms with Gasteiger partial charge in [-0.2, -0.15) is 39.5 Å².